The minimum Gasteiger partial charge on any atom is -0.480 e. The summed E-state index contributed by atoms with van der Waals surface area (Å²) in [4.78, 5) is 23.5. The summed E-state index contributed by atoms with van der Waals surface area (Å²) in [6.45, 7) is 0. The van der Waals surface area contributed by atoms with Gasteiger partial charge < -0.3 is 21.1 Å². The third-order valence-electron chi connectivity index (χ3n) is 3.77. The van der Waals surface area contributed by atoms with Crippen molar-refractivity contribution in [1.82, 2.24) is 5.32 Å². The molecule has 0 fully saturated rings. The van der Waals surface area contributed by atoms with Gasteiger partial charge in [-0.2, -0.15) is 0 Å². The van der Waals surface area contributed by atoms with E-state index in [-0.39, 0.29) is 18.5 Å². The summed E-state index contributed by atoms with van der Waals surface area (Å²) < 4.78 is 0. The molecule has 23 heavy (non-hydrogen) atoms. The number of carboxylic acid groups (broad SMARTS) is 1. The molecule has 3 rings (SSSR count). The van der Waals surface area contributed by atoms with Crippen LogP contribution in [0.3, 0.4) is 0 Å². The van der Waals surface area contributed by atoms with Gasteiger partial charge in [0.05, 0.1) is 6.04 Å². The Bertz CT molecular complexity index is 718. The van der Waals surface area contributed by atoms with Crippen LogP contribution in [0.4, 0.5) is 16.2 Å². The molecule has 1 aliphatic rings. The highest BCUT2D eigenvalue weighted by molar-refractivity contribution is 5.90. The third kappa shape index (κ3) is 3.42. The summed E-state index contributed by atoms with van der Waals surface area (Å²) in [6.07, 6.45) is 0.286. The van der Waals surface area contributed by atoms with E-state index in [1.54, 1.807) is 12.1 Å². The van der Waals surface area contributed by atoms with Crippen LogP contribution in [0.2, 0.25) is 0 Å². The highest BCUT2D eigenvalue weighted by Crippen LogP contribution is 2.32. The molecule has 6 nitrogen and oxygen atoms in total. The Hall–Kier alpha value is -3.02. The quantitative estimate of drug-likeness (QED) is 0.701. The second-order valence-electron chi connectivity index (χ2n) is 5.38. The van der Waals surface area contributed by atoms with Gasteiger partial charge in [0.15, 0.2) is 0 Å². The predicted molar refractivity (Wildman–Crippen MR) is 87.4 cm³/mol. The van der Waals surface area contributed by atoms with Crippen LogP contribution < -0.4 is 16.0 Å². The zero-order chi connectivity index (χ0) is 16.2. The number of rotatable bonds is 3. The van der Waals surface area contributed by atoms with Crippen molar-refractivity contribution >= 4 is 23.4 Å². The van der Waals surface area contributed by atoms with E-state index in [1.165, 1.54) is 0 Å². The fourth-order valence-corrected chi connectivity index (χ4v) is 2.69. The Labute approximate surface area is 133 Å². The van der Waals surface area contributed by atoms with Gasteiger partial charge in [0, 0.05) is 17.8 Å². The van der Waals surface area contributed by atoms with E-state index in [0.29, 0.717) is 5.69 Å². The minimum absolute atomic E-state index is 0.286. The Morgan fingerprint density at radius 1 is 1.04 bits per heavy atom. The number of anilines is 2. The first-order valence-electron chi connectivity index (χ1n) is 7.34. The number of benzene rings is 2. The number of carbonyl (C=O) groups excluding carboxylic acids is 1. The number of carboxylic acids is 1. The van der Waals surface area contributed by atoms with Crippen molar-refractivity contribution in [3.8, 4) is 0 Å². The van der Waals surface area contributed by atoms with E-state index in [4.69, 9.17) is 0 Å². The molecule has 0 saturated carbocycles. The Morgan fingerprint density at radius 3 is 2.48 bits per heavy atom. The summed E-state index contributed by atoms with van der Waals surface area (Å²) in [5.41, 5.74) is 2.30. The number of carbonyl (C=O) groups is 2. The van der Waals surface area contributed by atoms with E-state index < -0.39 is 12.0 Å². The molecule has 1 heterocycles. The van der Waals surface area contributed by atoms with Crippen LogP contribution in [0, 0.1) is 0 Å². The topological polar surface area (TPSA) is 90.5 Å². The molecular formula is C17H17N3O3. The lowest BCUT2D eigenvalue weighted by atomic mass is 9.93. The average molecular weight is 311 g/mol. The maximum absolute atomic E-state index is 12.2. The molecule has 0 bridgehead atoms. The van der Waals surface area contributed by atoms with E-state index in [1.807, 2.05) is 42.5 Å². The fourth-order valence-electron chi connectivity index (χ4n) is 2.69. The van der Waals surface area contributed by atoms with Gasteiger partial charge in [0.1, 0.15) is 6.04 Å². The first-order valence-corrected chi connectivity index (χ1v) is 7.34. The molecule has 118 valence electrons. The van der Waals surface area contributed by atoms with E-state index in [9.17, 15) is 14.7 Å². The third-order valence-corrected chi connectivity index (χ3v) is 3.77. The van der Waals surface area contributed by atoms with Gasteiger partial charge in [-0.25, -0.2) is 9.59 Å². The molecule has 2 aromatic rings. The molecule has 6 heteroatoms. The van der Waals surface area contributed by atoms with Crippen LogP contribution in [0.1, 0.15) is 18.0 Å². The van der Waals surface area contributed by atoms with Crippen molar-refractivity contribution in [3.05, 3.63) is 60.2 Å². The zero-order valence-electron chi connectivity index (χ0n) is 12.3. The summed E-state index contributed by atoms with van der Waals surface area (Å²) in [6, 6.07) is 15.0. The van der Waals surface area contributed by atoms with Crippen molar-refractivity contribution in [2.45, 2.75) is 18.5 Å². The van der Waals surface area contributed by atoms with Gasteiger partial charge in [-0.1, -0.05) is 36.4 Å². The Morgan fingerprint density at radius 2 is 1.74 bits per heavy atom. The minimum atomic E-state index is -0.935. The fraction of sp³-hybridized carbons (Fsp3) is 0.176. The van der Waals surface area contributed by atoms with Crippen molar-refractivity contribution in [1.29, 1.82) is 0 Å². The molecular weight excluding hydrogens is 294 g/mol. The monoisotopic (exact) mass is 311 g/mol. The Balaban J connectivity index is 1.75. The molecule has 0 spiro atoms. The molecule has 0 aliphatic carbocycles. The van der Waals surface area contributed by atoms with E-state index >= 15 is 0 Å². The van der Waals surface area contributed by atoms with Crippen LogP contribution in [-0.2, 0) is 4.79 Å². The number of aliphatic carboxylic acids is 1. The number of hydrogen-bond acceptors (Lipinski definition) is 3. The van der Waals surface area contributed by atoms with Crippen molar-refractivity contribution in [3.63, 3.8) is 0 Å². The number of fused-ring (bicyclic) bond motifs is 1. The van der Waals surface area contributed by atoms with Crippen LogP contribution in [0.25, 0.3) is 0 Å². The SMILES string of the molecule is O=C(Nc1ccccc1)NC1CC(C(=O)O)Nc2ccccc21. The summed E-state index contributed by atoms with van der Waals surface area (Å²) in [7, 11) is 0. The molecule has 0 aromatic heterocycles. The molecule has 4 N–H and O–H groups in total. The lowest BCUT2D eigenvalue weighted by Crippen LogP contribution is -2.42. The van der Waals surface area contributed by atoms with Gasteiger partial charge in [-0.05, 0) is 23.8 Å². The highest BCUT2D eigenvalue weighted by Gasteiger charge is 2.31. The van der Waals surface area contributed by atoms with E-state index in [2.05, 4.69) is 16.0 Å². The largest absolute Gasteiger partial charge is 0.480 e. The van der Waals surface area contributed by atoms with Crippen LogP contribution in [-0.4, -0.2) is 23.1 Å². The van der Waals surface area contributed by atoms with Crippen molar-refractivity contribution in [2.24, 2.45) is 0 Å². The normalized spacial score (nSPS) is 19.1. The summed E-state index contributed by atoms with van der Waals surface area (Å²) in [5, 5.41) is 17.8. The lowest BCUT2D eigenvalue weighted by molar-refractivity contribution is -0.138. The van der Waals surface area contributed by atoms with Gasteiger partial charge >= 0.3 is 12.0 Å². The van der Waals surface area contributed by atoms with Gasteiger partial charge in [0.25, 0.3) is 0 Å². The number of para-hydroxylation sites is 2. The molecule has 0 saturated heterocycles. The molecule has 2 unspecified atom stereocenters. The number of nitrogens with one attached hydrogen (secondary N) is 3. The summed E-state index contributed by atoms with van der Waals surface area (Å²) >= 11 is 0. The second-order valence-corrected chi connectivity index (χ2v) is 5.38. The highest BCUT2D eigenvalue weighted by atomic mass is 16.4. The maximum atomic E-state index is 12.2. The Kier molecular flexibility index (Phi) is 4.14. The van der Waals surface area contributed by atoms with Crippen LogP contribution in [0.15, 0.2) is 54.6 Å². The number of urea groups is 1. The number of amides is 2. The van der Waals surface area contributed by atoms with Gasteiger partial charge in [-0.3, -0.25) is 0 Å². The molecule has 0 radical (unpaired) electrons. The van der Waals surface area contributed by atoms with Crippen molar-refractivity contribution in [2.75, 3.05) is 10.6 Å². The van der Waals surface area contributed by atoms with Gasteiger partial charge in [0.2, 0.25) is 0 Å². The summed E-state index contributed by atoms with van der Waals surface area (Å²) in [5.74, 6) is -0.935. The molecule has 2 amide bonds. The first kappa shape index (κ1) is 14.9. The second kappa shape index (κ2) is 6.39. The van der Waals surface area contributed by atoms with Crippen molar-refractivity contribution < 1.29 is 14.7 Å². The smallest absolute Gasteiger partial charge is 0.326 e. The van der Waals surface area contributed by atoms with E-state index in [0.717, 1.165) is 11.3 Å². The predicted octanol–water partition coefficient (Wildman–Crippen LogP) is 2.82. The molecule has 2 atom stereocenters. The standard InChI is InChI=1S/C17H17N3O3/c21-16(22)15-10-14(12-8-4-5-9-13(12)19-15)20-17(23)18-11-6-2-1-3-7-11/h1-9,14-15,19H,10H2,(H,21,22)(H2,18,20,23). The zero-order valence-corrected chi connectivity index (χ0v) is 12.3. The van der Waals surface area contributed by atoms with Gasteiger partial charge in [-0.15, -0.1) is 0 Å². The lowest BCUT2D eigenvalue weighted by Gasteiger charge is -2.31. The van der Waals surface area contributed by atoms with Crippen LogP contribution >= 0.6 is 0 Å². The first-order chi connectivity index (χ1) is 11.1. The average Bonchev–Trinajstić information content (AvgIpc) is 2.55. The molecule has 1 aliphatic heterocycles. The number of hydrogen-bond donors (Lipinski definition) is 4. The van der Waals surface area contributed by atoms with Crippen LogP contribution in [0.5, 0.6) is 0 Å². The maximum Gasteiger partial charge on any atom is 0.326 e. The molecule has 2 aromatic carbocycles.